The third-order valence-corrected chi connectivity index (χ3v) is 3.53. The van der Waals surface area contributed by atoms with Crippen LogP contribution in [0.4, 0.5) is 5.13 Å². The van der Waals surface area contributed by atoms with Crippen LogP contribution in [0.3, 0.4) is 0 Å². The van der Waals surface area contributed by atoms with Crippen LogP contribution in [0.5, 0.6) is 0 Å². The zero-order valence-electron chi connectivity index (χ0n) is 10.0. The summed E-state index contributed by atoms with van der Waals surface area (Å²) >= 11 is 1.43. The van der Waals surface area contributed by atoms with Crippen molar-refractivity contribution in [2.45, 2.75) is 19.8 Å². The summed E-state index contributed by atoms with van der Waals surface area (Å²) in [7, 11) is 0. The molecule has 0 spiro atoms. The molecule has 92 valence electrons. The molecule has 0 aliphatic rings. The van der Waals surface area contributed by atoms with Gasteiger partial charge in [0.05, 0.1) is 12.1 Å². The molecule has 0 bridgehead atoms. The number of nitrogen functional groups attached to an aromatic ring is 1. The van der Waals surface area contributed by atoms with Gasteiger partial charge in [-0.15, -0.1) is 11.3 Å². The maximum absolute atomic E-state index is 5.69. The highest BCUT2D eigenvalue weighted by Gasteiger charge is 2.09. The van der Waals surface area contributed by atoms with E-state index in [-0.39, 0.29) is 0 Å². The minimum Gasteiger partial charge on any atom is -0.440 e. The number of nitrogens with two attached hydrogens (primary N) is 1. The lowest BCUT2D eigenvalue weighted by molar-refractivity contribution is 0.542. The van der Waals surface area contributed by atoms with Gasteiger partial charge in [0.15, 0.2) is 10.7 Å². The maximum atomic E-state index is 5.69. The van der Waals surface area contributed by atoms with Crippen LogP contribution in [0.15, 0.2) is 28.0 Å². The molecule has 0 unspecified atom stereocenters. The number of benzene rings is 1. The number of anilines is 1. The number of hydrogen-bond acceptors (Lipinski definition) is 5. The summed E-state index contributed by atoms with van der Waals surface area (Å²) in [5.74, 6) is 0.684. The van der Waals surface area contributed by atoms with Crippen LogP contribution < -0.4 is 5.73 Å². The number of oxazole rings is 1. The molecule has 1 aromatic carbocycles. The van der Waals surface area contributed by atoms with E-state index < -0.39 is 0 Å². The molecular weight excluding hydrogens is 246 g/mol. The first-order chi connectivity index (χ1) is 8.74. The lowest BCUT2D eigenvalue weighted by Crippen LogP contribution is -1.89. The average Bonchev–Trinajstić information content (AvgIpc) is 2.94. The topological polar surface area (TPSA) is 64.9 Å². The van der Waals surface area contributed by atoms with Crippen molar-refractivity contribution in [1.29, 1.82) is 0 Å². The lowest BCUT2D eigenvalue weighted by Gasteiger charge is -1.92. The molecule has 18 heavy (non-hydrogen) atoms. The molecule has 2 heterocycles. The molecule has 2 N–H and O–H groups in total. The molecule has 0 aliphatic carbocycles. The van der Waals surface area contributed by atoms with E-state index in [0.29, 0.717) is 17.4 Å². The lowest BCUT2D eigenvalue weighted by atomic mass is 10.1. The molecule has 0 aliphatic heterocycles. The zero-order chi connectivity index (χ0) is 12.5. The second-order valence-electron chi connectivity index (χ2n) is 4.12. The van der Waals surface area contributed by atoms with E-state index in [0.717, 1.165) is 23.2 Å². The number of thiazole rings is 1. The van der Waals surface area contributed by atoms with E-state index in [1.165, 1.54) is 16.9 Å². The Morgan fingerprint density at radius 3 is 2.94 bits per heavy atom. The van der Waals surface area contributed by atoms with Crippen LogP contribution in [0, 0.1) is 0 Å². The number of fused-ring (bicyclic) bond motifs is 1. The SMILES string of the molecule is CCc1ccc2oc(Cc3csc(N)n3)nc2c1. The van der Waals surface area contributed by atoms with E-state index in [9.17, 15) is 0 Å². The van der Waals surface area contributed by atoms with Crippen molar-refractivity contribution in [1.82, 2.24) is 9.97 Å². The summed E-state index contributed by atoms with van der Waals surface area (Å²) in [6, 6.07) is 6.11. The van der Waals surface area contributed by atoms with Gasteiger partial charge in [-0.3, -0.25) is 0 Å². The number of nitrogens with zero attached hydrogens (tertiary/aromatic N) is 2. The summed E-state index contributed by atoms with van der Waals surface area (Å²) in [5.41, 5.74) is 9.50. The smallest absolute Gasteiger partial charge is 0.201 e. The van der Waals surface area contributed by atoms with Gasteiger partial charge in [-0.1, -0.05) is 13.0 Å². The number of hydrogen-bond donors (Lipinski definition) is 1. The van der Waals surface area contributed by atoms with Gasteiger partial charge >= 0.3 is 0 Å². The summed E-state index contributed by atoms with van der Waals surface area (Å²) < 4.78 is 5.69. The van der Waals surface area contributed by atoms with Gasteiger partial charge < -0.3 is 10.2 Å². The molecular formula is C13H13N3OS. The summed E-state index contributed by atoms with van der Waals surface area (Å²) in [6.07, 6.45) is 1.59. The summed E-state index contributed by atoms with van der Waals surface area (Å²) in [5, 5.41) is 2.51. The molecule has 0 radical (unpaired) electrons. The number of rotatable bonds is 3. The van der Waals surface area contributed by atoms with Crippen molar-refractivity contribution in [2.24, 2.45) is 0 Å². The fourth-order valence-corrected chi connectivity index (χ4v) is 2.44. The van der Waals surface area contributed by atoms with Gasteiger partial charge in [-0.05, 0) is 24.1 Å². The largest absolute Gasteiger partial charge is 0.440 e. The minimum atomic E-state index is 0.578. The molecule has 2 aromatic heterocycles. The molecule has 4 nitrogen and oxygen atoms in total. The molecule has 0 saturated carbocycles. The third-order valence-electron chi connectivity index (χ3n) is 2.81. The molecule has 0 amide bonds. The standard InChI is InChI=1S/C13H13N3OS/c1-2-8-3-4-11-10(5-8)16-12(17-11)6-9-7-18-13(14)15-9/h3-5,7H,2,6H2,1H3,(H2,14,15). The van der Waals surface area contributed by atoms with Crippen molar-refractivity contribution >= 4 is 27.6 Å². The van der Waals surface area contributed by atoms with Gasteiger partial charge in [0.2, 0.25) is 5.89 Å². The van der Waals surface area contributed by atoms with E-state index in [2.05, 4.69) is 29.0 Å². The van der Waals surface area contributed by atoms with Crippen LogP contribution in [-0.4, -0.2) is 9.97 Å². The monoisotopic (exact) mass is 259 g/mol. The van der Waals surface area contributed by atoms with Crippen LogP contribution in [-0.2, 0) is 12.8 Å². The van der Waals surface area contributed by atoms with Crippen molar-refractivity contribution in [3.8, 4) is 0 Å². The number of aryl methyl sites for hydroxylation is 1. The first-order valence-corrected chi connectivity index (χ1v) is 6.71. The van der Waals surface area contributed by atoms with Crippen LogP contribution in [0.2, 0.25) is 0 Å². The normalized spacial score (nSPS) is 11.2. The van der Waals surface area contributed by atoms with Gasteiger partial charge in [-0.2, -0.15) is 0 Å². The Balaban J connectivity index is 1.93. The average molecular weight is 259 g/mol. The Morgan fingerprint density at radius 2 is 2.22 bits per heavy atom. The van der Waals surface area contributed by atoms with E-state index in [1.807, 2.05) is 11.4 Å². The van der Waals surface area contributed by atoms with E-state index in [4.69, 9.17) is 10.2 Å². The highest BCUT2D eigenvalue weighted by Crippen LogP contribution is 2.20. The second-order valence-corrected chi connectivity index (χ2v) is 5.01. The molecule has 3 aromatic rings. The van der Waals surface area contributed by atoms with Crippen molar-refractivity contribution in [3.05, 3.63) is 40.7 Å². The van der Waals surface area contributed by atoms with Crippen molar-refractivity contribution < 1.29 is 4.42 Å². The molecule has 5 heteroatoms. The van der Waals surface area contributed by atoms with Crippen LogP contribution in [0.1, 0.15) is 24.1 Å². The first kappa shape index (κ1) is 11.2. The summed E-state index contributed by atoms with van der Waals surface area (Å²) in [6.45, 7) is 2.13. The summed E-state index contributed by atoms with van der Waals surface area (Å²) in [4.78, 5) is 8.69. The molecule has 0 saturated heterocycles. The van der Waals surface area contributed by atoms with Gasteiger partial charge in [0.25, 0.3) is 0 Å². The Bertz CT molecular complexity index is 686. The maximum Gasteiger partial charge on any atom is 0.201 e. The molecule has 0 atom stereocenters. The fourth-order valence-electron chi connectivity index (χ4n) is 1.88. The number of aromatic nitrogens is 2. The Morgan fingerprint density at radius 1 is 1.33 bits per heavy atom. The molecule has 0 fully saturated rings. The van der Waals surface area contributed by atoms with E-state index >= 15 is 0 Å². The zero-order valence-corrected chi connectivity index (χ0v) is 10.8. The van der Waals surface area contributed by atoms with Crippen molar-refractivity contribution in [2.75, 3.05) is 5.73 Å². The fraction of sp³-hybridized carbons (Fsp3) is 0.231. The highest BCUT2D eigenvalue weighted by molar-refractivity contribution is 7.13. The van der Waals surface area contributed by atoms with E-state index in [1.54, 1.807) is 0 Å². The van der Waals surface area contributed by atoms with Crippen LogP contribution >= 0.6 is 11.3 Å². The first-order valence-electron chi connectivity index (χ1n) is 5.83. The highest BCUT2D eigenvalue weighted by atomic mass is 32.1. The minimum absolute atomic E-state index is 0.578. The Labute approximate surface area is 108 Å². The van der Waals surface area contributed by atoms with Crippen LogP contribution in [0.25, 0.3) is 11.1 Å². The van der Waals surface area contributed by atoms with Crippen molar-refractivity contribution in [3.63, 3.8) is 0 Å². The van der Waals surface area contributed by atoms with Gasteiger partial charge in [0, 0.05) is 5.38 Å². The third kappa shape index (κ3) is 2.09. The predicted octanol–water partition coefficient (Wildman–Crippen LogP) is 3.02. The second kappa shape index (κ2) is 4.42. The predicted molar refractivity (Wildman–Crippen MR) is 72.7 cm³/mol. The Hall–Kier alpha value is -1.88. The van der Waals surface area contributed by atoms with Gasteiger partial charge in [-0.25, -0.2) is 9.97 Å². The quantitative estimate of drug-likeness (QED) is 0.785. The Kier molecular flexibility index (Phi) is 2.76. The van der Waals surface area contributed by atoms with Gasteiger partial charge in [0.1, 0.15) is 5.52 Å². The molecule has 3 rings (SSSR count).